The van der Waals surface area contributed by atoms with Gasteiger partial charge in [-0.2, -0.15) is 10.1 Å². The Balaban J connectivity index is 2.32. The predicted molar refractivity (Wildman–Crippen MR) is 133 cm³/mol. The van der Waals surface area contributed by atoms with Gasteiger partial charge in [0, 0.05) is 26.7 Å². The van der Waals surface area contributed by atoms with E-state index in [9.17, 15) is 20.0 Å². The van der Waals surface area contributed by atoms with E-state index in [4.69, 9.17) is 4.74 Å². The maximum absolute atomic E-state index is 12.7. The fourth-order valence-corrected chi connectivity index (χ4v) is 5.02. The second-order valence-electron chi connectivity index (χ2n) is 10.9. The third-order valence-electron chi connectivity index (χ3n) is 6.71. The first kappa shape index (κ1) is 31.0. The Morgan fingerprint density at radius 3 is 2.24 bits per heavy atom. The summed E-state index contributed by atoms with van der Waals surface area (Å²) in [7, 11) is 1.54. The number of methoxy groups -OCH3 is 1. The van der Waals surface area contributed by atoms with Crippen molar-refractivity contribution < 1.29 is 24.7 Å². The highest BCUT2D eigenvalue weighted by Gasteiger charge is 2.41. The Hall–Kier alpha value is -1.06. The minimum absolute atomic E-state index is 0.0587. The van der Waals surface area contributed by atoms with Gasteiger partial charge >= 0.3 is 0 Å². The third-order valence-corrected chi connectivity index (χ3v) is 6.71. The molecule has 1 rings (SSSR count). The van der Waals surface area contributed by atoms with Crippen LogP contribution in [-0.4, -0.2) is 76.8 Å². The maximum atomic E-state index is 12.7. The van der Waals surface area contributed by atoms with Gasteiger partial charge in [0.05, 0.1) is 6.42 Å². The first-order valence-corrected chi connectivity index (χ1v) is 13.3. The summed E-state index contributed by atoms with van der Waals surface area (Å²) in [6, 6.07) is -0.763. The van der Waals surface area contributed by atoms with Crippen LogP contribution in [0.1, 0.15) is 105 Å². The number of hydrogen-bond acceptors (Lipinski definition) is 7. The van der Waals surface area contributed by atoms with Crippen LogP contribution in [0, 0.1) is 11.3 Å². The van der Waals surface area contributed by atoms with E-state index < -0.39 is 6.04 Å². The van der Waals surface area contributed by atoms with Gasteiger partial charge < -0.3 is 15.2 Å². The fraction of sp³-hybridized carbons (Fsp3) is 0.923. The molecule has 1 heterocycles. The van der Waals surface area contributed by atoms with Crippen molar-refractivity contribution >= 4 is 11.8 Å². The molecule has 8 heteroatoms. The summed E-state index contributed by atoms with van der Waals surface area (Å²) < 4.78 is 4.95. The second-order valence-corrected chi connectivity index (χ2v) is 10.9. The number of hydrogen-bond donors (Lipinski definition) is 2. The number of ether oxygens (including phenoxy) is 1. The molecule has 0 saturated carbocycles. The first-order chi connectivity index (χ1) is 16.1. The molecule has 0 spiro atoms. The summed E-state index contributed by atoms with van der Waals surface area (Å²) in [5, 5.41) is 22.6. The Bertz CT molecular complexity index is 587. The molecule has 0 aromatic rings. The minimum Gasteiger partial charge on any atom is -0.367 e. The summed E-state index contributed by atoms with van der Waals surface area (Å²) in [5.74, 6) is -0.162. The van der Waals surface area contributed by atoms with Crippen LogP contribution >= 0.6 is 0 Å². The van der Waals surface area contributed by atoms with Crippen LogP contribution in [0.25, 0.3) is 0 Å². The molecule has 1 aliphatic heterocycles. The second kappa shape index (κ2) is 16.6. The predicted octanol–water partition coefficient (Wildman–Crippen LogP) is 5.07. The summed E-state index contributed by atoms with van der Waals surface area (Å²) in [6.07, 6.45) is 12.3. The van der Waals surface area contributed by atoms with Crippen LogP contribution in [-0.2, 0) is 14.3 Å². The maximum Gasteiger partial charge on any atom is 0.249 e. The van der Waals surface area contributed by atoms with Gasteiger partial charge in [0.1, 0.15) is 12.8 Å². The summed E-state index contributed by atoms with van der Waals surface area (Å²) in [6.45, 7) is 9.94. The van der Waals surface area contributed by atoms with Crippen molar-refractivity contribution in [2.45, 2.75) is 111 Å². The number of carbonyl (C=O) groups excluding carboxylic acids is 2. The van der Waals surface area contributed by atoms with Gasteiger partial charge in [-0.15, -0.1) is 0 Å². The molecule has 1 aliphatic rings. The zero-order valence-corrected chi connectivity index (χ0v) is 22.4. The molecule has 2 amide bonds. The highest BCUT2D eigenvalue weighted by Crippen LogP contribution is 2.28. The zero-order valence-electron chi connectivity index (χ0n) is 22.4. The molecular weight excluding hydrogens is 434 g/mol. The van der Waals surface area contributed by atoms with E-state index in [1.54, 1.807) is 7.11 Å². The molecule has 1 fully saturated rings. The number of hydroxylamine groups is 4. The molecule has 2 atom stereocenters. The lowest BCUT2D eigenvalue weighted by Crippen LogP contribution is -2.41. The fourth-order valence-electron chi connectivity index (χ4n) is 5.02. The molecule has 0 radical (unpaired) electrons. The lowest BCUT2D eigenvalue weighted by molar-refractivity contribution is -0.170. The number of carbonyl (C=O) groups is 2. The Morgan fingerprint density at radius 2 is 1.65 bits per heavy atom. The minimum atomic E-state index is -0.763. The van der Waals surface area contributed by atoms with Crippen LogP contribution in [0.2, 0.25) is 0 Å². The number of rotatable bonds is 20. The van der Waals surface area contributed by atoms with E-state index in [2.05, 4.69) is 27.7 Å². The van der Waals surface area contributed by atoms with Crippen molar-refractivity contribution in [2.24, 2.45) is 11.3 Å². The van der Waals surface area contributed by atoms with Crippen molar-refractivity contribution in [1.82, 2.24) is 15.0 Å². The van der Waals surface area contributed by atoms with E-state index in [1.807, 2.05) is 0 Å². The smallest absolute Gasteiger partial charge is 0.249 e. The number of likely N-dealkylation sites (tertiary alicyclic amines) is 1. The molecule has 0 aromatic heterocycles. The van der Waals surface area contributed by atoms with Crippen LogP contribution in [0.4, 0.5) is 0 Å². The van der Waals surface area contributed by atoms with Crippen LogP contribution in [0.5, 0.6) is 0 Å². The molecule has 2 N–H and O–H groups in total. The normalized spacial score (nSPS) is 18.0. The Labute approximate surface area is 207 Å². The average molecular weight is 486 g/mol. The third kappa shape index (κ3) is 12.1. The van der Waals surface area contributed by atoms with E-state index >= 15 is 0 Å². The summed E-state index contributed by atoms with van der Waals surface area (Å²) in [4.78, 5) is 26.5. The van der Waals surface area contributed by atoms with Gasteiger partial charge in [-0.3, -0.25) is 14.5 Å². The van der Waals surface area contributed by atoms with Gasteiger partial charge in [0.15, 0.2) is 0 Å². The van der Waals surface area contributed by atoms with Crippen LogP contribution in [0.3, 0.4) is 0 Å². The van der Waals surface area contributed by atoms with Gasteiger partial charge in [-0.05, 0) is 30.6 Å². The van der Waals surface area contributed by atoms with Crippen molar-refractivity contribution in [3.05, 3.63) is 0 Å². The number of unbranched alkanes of at least 4 members (excludes halogenated alkanes) is 8. The highest BCUT2D eigenvalue weighted by molar-refractivity contribution is 6.05. The molecule has 0 bridgehead atoms. The van der Waals surface area contributed by atoms with E-state index in [0.717, 1.165) is 35.8 Å². The van der Waals surface area contributed by atoms with E-state index in [1.165, 1.54) is 43.4 Å². The van der Waals surface area contributed by atoms with Gasteiger partial charge in [0.25, 0.3) is 0 Å². The molecule has 0 aromatic carbocycles. The molecule has 200 valence electrons. The van der Waals surface area contributed by atoms with Gasteiger partial charge in [-0.1, -0.05) is 79.1 Å². The molecular formula is C26H51N3O5. The molecule has 34 heavy (non-hydrogen) atoms. The monoisotopic (exact) mass is 485 g/mol. The first-order valence-electron chi connectivity index (χ1n) is 13.3. The molecule has 1 saturated heterocycles. The summed E-state index contributed by atoms with van der Waals surface area (Å²) in [5.41, 5.74) is -0.127. The number of amides is 2. The molecule has 8 nitrogen and oxygen atoms in total. The largest absolute Gasteiger partial charge is 0.367 e. The quantitative estimate of drug-likeness (QED) is 0.108. The summed E-state index contributed by atoms with van der Waals surface area (Å²) >= 11 is 0. The van der Waals surface area contributed by atoms with Crippen LogP contribution in [0.15, 0.2) is 0 Å². The average Bonchev–Trinajstić information content (AvgIpc) is 3.04. The standard InChI is InChI=1S/C26H51N3O5/c1-6-7-8-9-10-11-12-13-14-16-28-24(30)18-23(25(28)31)29(33)17-15-22(2)19-26(3,4)20-27(32)21-34-5/h22-23,32-33H,6-21H2,1-5H3. The van der Waals surface area contributed by atoms with Crippen LogP contribution < -0.4 is 0 Å². The van der Waals surface area contributed by atoms with E-state index in [0.29, 0.717) is 26.1 Å². The van der Waals surface area contributed by atoms with E-state index in [-0.39, 0.29) is 36.3 Å². The molecule has 0 aliphatic carbocycles. The SMILES string of the molecule is CCCCCCCCCCCN1C(=O)CC(N(O)CCC(C)CC(C)(C)CN(O)COC)C1=O. The highest BCUT2D eigenvalue weighted by atomic mass is 16.6. The van der Waals surface area contributed by atoms with Gasteiger partial charge in [0.2, 0.25) is 11.8 Å². The zero-order chi connectivity index (χ0) is 25.6. The lowest BCUT2D eigenvalue weighted by atomic mass is 9.82. The van der Waals surface area contributed by atoms with Crippen molar-refractivity contribution in [3.8, 4) is 0 Å². The lowest BCUT2D eigenvalue weighted by Gasteiger charge is -2.31. The van der Waals surface area contributed by atoms with Gasteiger partial charge in [-0.25, -0.2) is 0 Å². The van der Waals surface area contributed by atoms with Crippen molar-refractivity contribution in [2.75, 3.05) is 33.5 Å². The topological polar surface area (TPSA) is 93.6 Å². The number of imide groups is 1. The Morgan fingerprint density at radius 1 is 1.06 bits per heavy atom. The van der Waals surface area contributed by atoms with Crippen molar-refractivity contribution in [1.29, 1.82) is 0 Å². The number of nitrogens with zero attached hydrogens (tertiary/aromatic N) is 3. The van der Waals surface area contributed by atoms with Crippen molar-refractivity contribution in [3.63, 3.8) is 0 Å². The Kier molecular flexibility index (Phi) is 15.1. The molecule has 2 unspecified atom stereocenters.